The lowest BCUT2D eigenvalue weighted by atomic mass is 10.0. The van der Waals surface area contributed by atoms with Crippen molar-refractivity contribution >= 4 is 24.0 Å². The van der Waals surface area contributed by atoms with E-state index in [-0.39, 0.29) is 23.9 Å². The van der Waals surface area contributed by atoms with Crippen molar-refractivity contribution in [1.82, 2.24) is 0 Å². The highest BCUT2D eigenvalue weighted by molar-refractivity contribution is 5.88. The summed E-state index contributed by atoms with van der Waals surface area (Å²) in [5.74, 6) is -3.61. The molecule has 0 heterocycles. The Labute approximate surface area is 110 Å². The van der Waals surface area contributed by atoms with Crippen molar-refractivity contribution in [2.75, 3.05) is 11.9 Å². The number of anilines is 1. The van der Waals surface area contributed by atoms with Crippen LogP contribution in [0.2, 0.25) is 0 Å². The van der Waals surface area contributed by atoms with Gasteiger partial charge in [0, 0.05) is 12.6 Å². The van der Waals surface area contributed by atoms with E-state index in [0.29, 0.717) is 5.69 Å². The van der Waals surface area contributed by atoms with Crippen molar-refractivity contribution in [3.63, 3.8) is 0 Å². The van der Waals surface area contributed by atoms with Gasteiger partial charge in [-0.05, 0) is 17.7 Å². The summed E-state index contributed by atoms with van der Waals surface area (Å²) in [6.45, 7) is 0.0428. The monoisotopic (exact) mass is 280 g/mol. The first kappa shape index (κ1) is 16.8. The molecular weight excluding hydrogens is 266 g/mol. The zero-order valence-electron chi connectivity index (χ0n) is 9.69. The summed E-state index contributed by atoms with van der Waals surface area (Å²) in [4.78, 5) is 10.7. The molecule has 1 amide bonds. The molecular formula is C11H15ClF2N2O2. The fourth-order valence-corrected chi connectivity index (χ4v) is 1.32. The highest BCUT2D eigenvalue weighted by Gasteiger charge is 2.37. The molecule has 4 N–H and O–H groups in total. The molecule has 0 fully saturated rings. The number of aliphatic hydroxyl groups excluding tert-OH is 1. The summed E-state index contributed by atoms with van der Waals surface area (Å²) in [6.07, 6.45) is 0. The summed E-state index contributed by atoms with van der Waals surface area (Å²) >= 11 is 0. The molecule has 1 aromatic carbocycles. The maximum Gasteiger partial charge on any atom is 0.289 e. The maximum atomic E-state index is 13.1. The highest BCUT2D eigenvalue weighted by Crippen LogP contribution is 2.29. The summed E-state index contributed by atoms with van der Waals surface area (Å²) in [5, 5.41) is 11.0. The molecule has 0 spiro atoms. The number of aliphatic hydroxyl groups is 1. The van der Waals surface area contributed by atoms with Crippen molar-refractivity contribution in [2.24, 2.45) is 5.73 Å². The second-order valence-corrected chi connectivity index (χ2v) is 3.70. The van der Waals surface area contributed by atoms with Gasteiger partial charge in [-0.1, -0.05) is 12.1 Å². The lowest BCUT2D eigenvalue weighted by molar-refractivity contribution is -0.114. The molecule has 0 aromatic heterocycles. The van der Waals surface area contributed by atoms with Gasteiger partial charge in [0.05, 0.1) is 6.04 Å². The molecule has 4 nitrogen and oxygen atoms in total. The van der Waals surface area contributed by atoms with Crippen LogP contribution in [-0.2, 0) is 4.79 Å². The molecule has 0 saturated carbocycles. The summed E-state index contributed by atoms with van der Waals surface area (Å²) in [6, 6.07) is 4.16. The fourth-order valence-electron chi connectivity index (χ4n) is 1.32. The van der Waals surface area contributed by atoms with Crippen LogP contribution in [0.4, 0.5) is 14.5 Å². The van der Waals surface area contributed by atoms with Gasteiger partial charge in [0.25, 0.3) is 5.92 Å². The van der Waals surface area contributed by atoms with Gasteiger partial charge in [-0.15, -0.1) is 12.4 Å². The van der Waals surface area contributed by atoms with Crippen LogP contribution < -0.4 is 11.1 Å². The number of carbonyl (C=O) groups excluding carboxylic acids is 1. The minimum Gasteiger partial charge on any atom is -0.390 e. The first-order valence-electron chi connectivity index (χ1n) is 4.98. The summed E-state index contributed by atoms with van der Waals surface area (Å²) in [5.41, 5.74) is 6.03. The molecule has 0 saturated heterocycles. The average Bonchev–Trinajstić information content (AvgIpc) is 2.28. The van der Waals surface area contributed by atoms with Gasteiger partial charge in [-0.3, -0.25) is 4.79 Å². The van der Waals surface area contributed by atoms with Crippen LogP contribution in [0.25, 0.3) is 0 Å². The minimum absolute atomic E-state index is 0. The Kier molecular flexibility index (Phi) is 6.17. The Morgan fingerprint density at radius 1 is 1.44 bits per heavy atom. The zero-order valence-corrected chi connectivity index (χ0v) is 10.5. The molecule has 1 aromatic rings. The number of nitrogens with one attached hydrogen (secondary N) is 1. The van der Waals surface area contributed by atoms with Gasteiger partial charge < -0.3 is 16.2 Å². The third-order valence-corrected chi connectivity index (χ3v) is 2.26. The van der Waals surface area contributed by atoms with E-state index in [9.17, 15) is 13.6 Å². The second kappa shape index (κ2) is 6.63. The average molecular weight is 281 g/mol. The zero-order chi connectivity index (χ0) is 13.1. The van der Waals surface area contributed by atoms with Gasteiger partial charge in [-0.25, -0.2) is 8.78 Å². The number of alkyl halides is 2. The SMILES string of the molecule is CC(=O)Nc1ccc([C@H](N)C(F)(F)CO)cc1.Cl. The quantitative estimate of drug-likeness (QED) is 0.786. The molecule has 18 heavy (non-hydrogen) atoms. The predicted octanol–water partition coefficient (Wildman–Crippen LogP) is 1.69. The Morgan fingerprint density at radius 2 is 1.94 bits per heavy atom. The topological polar surface area (TPSA) is 75.4 Å². The van der Waals surface area contributed by atoms with Crippen LogP contribution in [-0.4, -0.2) is 23.5 Å². The minimum atomic E-state index is -3.37. The Morgan fingerprint density at radius 3 is 2.33 bits per heavy atom. The number of halogens is 3. The molecule has 0 aliphatic carbocycles. The second-order valence-electron chi connectivity index (χ2n) is 3.70. The molecule has 0 aliphatic rings. The number of rotatable bonds is 4. The predicted molar refractivity (Wildman–Crippen MR) is 67.0 cm³/mol. The number of hydrogen-bond acceptors (Lipinski definition) is 3. The number of nitrogens with two attached hydrogens (primary N) is 1. The van der Waals surface area contributed by atoms with E-state index >= 15 is 0 Å². The van der Waals surface area contributed by atoms with E-state index in [1.807, 2.05) is 0 Å². The largest absolute Gasteiger partial charge is 0.390 e. The van der Waals surface area contributed by atoms with Crippen molar-refractivity contribution in [1.29, 1.82) is 0 Å². The van der Waals surface area contributed by atoms with Crippen molar-refractivity contribution in [3.8, 4) is 0 Å². The van der Waals surface area contributed by atoms with Gasteiger partial charge in [0.1, 0.15) is 6.61 Å². The number of benzene rings is 1. The molecule has 7 heteroatoms. The molecule has 102 valence electrons. The van der Waals surface area contributed by atoms with E-state index in [1.54, 1.807) is 0 Å². The normalized spacial score (nSPS) is 12.5. The van der Waals surface area contributed by atoms with Crippen LogP contribution in [0, 0.1) is 0 Å². The Balaban J connectivity index is 0.00000289. The number of hydrogen-bond donors (Lipinski definition) is 3. The van der Waals surface area contributed by atoms with Crippen LogP contribution in [0.5, 0.6) is 0 Å². The van der Waals surface area contributed by atoms with E-state index in [1.165, 1.54) is 31.2 Å². The maximum absolute atomic E-state index is 13.1. The molecule has 0 unspecified atom stereocenters. The summed E-state index contributed by atoms with van der Waals surface area (Å²) in [7, 11) is 0. The van der Waals surface area contributed by atoms with Crippen molar-refractivity contribution in [3.05, 3.63) is 29.8 Å². The van der Waals surface area contributed by atoms with Crippen molar-refractivity contribution < 1.29 is 18.7 Å². The highest BCUT2D eigenvalue weighted by atomic mass is 35.5. The molecule has 1 atom stereocenters. The van der Waals surface area contributed by atoms with E-state index in [2.05, 4.69) is 5.32 Å². The van der Waals surface area contributed by atoms with Gasteiger partial charge in [-0.2, -0.15) is 0 Å². The lowest BCUT2D eigenvalue weighted by Crippen LogP contribution is -2.36. The Hall–Kier alpha value is -1.24. The van der Waals surface area contributed by atoms with E-state index in [0.717, 1.165) is 0 Å². The van der Waals surface area contributed by atoms with Crippen LogP contribution in [0.1, 0.15) is 18.5 Å². The summed E-state index contributed by atoms with van der Waals surface area (Å²) < 4.78 is 26.2. The standard InChI is InChI=1S/C11H14F2N2O2.ClH/c1-7(17)15-9-4-2-8(3-5-9)10(14)11(12,13)6-16;/h2-5,10,16H,6,14H2,1H3,(H,15,17);1H/t10-;/m0./s1. The van der Waals surface area contributed by atoms with E-state index in [4.69, 9.17) is 10.8 Å². The van der Waals surface area contributed by atoms with E-state index < -0.39 is 18.6 Å². The number of carbonyl (C=O) groups is 1. The van der Waals surface area contributed by atoms with Gasteiger partial charge >= 0.3 is 0 Å². The third-order valence-electron chi connectivity index (χ3n) is 2.26. The first-order valence-corrected chi connectivity index (χ1v) is 4.98. The third kappa shape index (κ3) is 4.21. The molecule has 0 bridgehead atoms. The van der Waals surface area contributed by atoms with Crippen LogP contribution in [0.15, 0.2) is 24.3 Å². The van der Waals surface area contributed by atoms with Gasteiger partial charge in [0.2, 0.25) is 5.91 Å². The molecule has 1 rings (SSSR count). The Bertz CT molecular complexity index is 399. The first-order chi connectivity index (χ1) is 7.86. The van der Waals surface area contributed by atoms with Gasteiger partial charge in [0.15, 0.2) is 0 Å². The number of amides is 1. The van der Waals surface area contributed by atoms with Crippen molar-refractivity contribution in [2.45, 2.75) is 18.9 Å². The fraction of sp³-hybridized carbons (Fsp3) is 0.364. The molecule has 0 aliphatic heterocycles. The van der Waals surface area contributed by atoms with Crippen LogP contribution in [0.3, 0.4) is 0 Å². The van der Waals surface area contributed by atoms with Crippen LogP contribution >= 0.6 is 12.4 Å². The lowest BCUT2D eigenvalue weighted by Gasteiger charge is -2.21. The smallest absolute Gasteiger partial charge is 0.289 e. The molecule has 0 radical (unpaired) electrons.